The van der Waals surface area contributed by atoms with Gasteiger partial charge >= 0.3 is 5.97 Å². The molecule has 1 amide bonds. The molecule has 1 saturated heterocycles. The van der Waals surface area contributed by atoms with E-state index >= 15 is 0 Å². The minimum atomic E-state index is -0.237. The van der Waals surface area contributed by atoms with E-state index in [9.17, 15) is 9.59 Å². The number of ether oxygens (including phenoxy) is 1. The first-order valence-electron chi connectivity index (χ1n) is 5.29. The Morgan fingerprint density at radius 1 is 1.60 bits per heavy atom. The normalized spacial score (nSPS) is 21.7. The van der Waals surface area contributed by atoms with E-state index in [1.165, 1.54) is 11.8 Å². The zero-order valence-electron chi connectivity index (χ0n) is 8.95. The molecule has 1 heterocycles. The van der Waals surface area contributed by atoms with Crippen LogP contribution in [-0.4, -0.2) is 36.0 Å². The van der Waals surface area contributed by atoms with Crippen LogP contribution in [-0.2, 0) is 14.3 Å². The summed E-state index contributed by atoms with van der Waals surface area (Å²) >= 11 is 1.38. The lowest BCUT2D eigenvalue weighted by atomic mass is 10.2. The Bertz CT molecular complexity index is 233. The fourth-order valence-electron chi connectivity index (χ4n) is 1.44. The molecule has 1 atom stereocenters. The highest BCUT2D eigenvalue weighted by molar-refractivity contribution is 8.01. The molecular weight excluding hydrogens is 214 g/mol. The first-order chi connectivity index (χ1) is 7.24. The lowest BCUT2D eigenvalue weighted by Gasteiger charge is -2.11. The van der Waals surface area contributed by atoms with Gasteiger partial charge in [0.1, 0.15) is 0 Å². The Morgan fingerprint density at radius 2 is 2.40 bits per heavy atom. The SMILES string of the molecule is CCOC(=O)CS[C@H]1CCCCNC1=O. The van der Waals surface area contributed by atoms with Crippen LogP contribution in [0.5, 0.6) is 0 Å². The predicted octanol–water partition coefficient (Wildman–Crippen LogP) is 0.951. The van der Waals surface area contributed by atoms with Gasteiger partial charge in [-0.1, -0.05) is 6.42 Å². The molecule has 86 valence electrons. The summed E-state index contributed by atoms with van der Waals surface area (Å²) in [5.41, 5.74) is 0. The van der Waals surface area contributed by atoms with Crippen molar-refractivity contribution >= 4 is 23.6 Å². The van der Waals surface area contributed by atoms with Gasteiger partial charge in [-0.15, -0.1) is 11.8 Å². The summed E-state index contributed by atoms with van der Waals surface area (Å²) in [6.45, 7) is 2.94. The first kappa shape index (κ1) is 12.4. The Kier molecular flexibility index (Phi) is 5.53. The Hall–Kier alpha value is -0.710. The molecule has 1 fully saturated rings. The quantitative estimate of drug-likeness (QED) is 0.732. The summed E-state index contributed by atoms with van der Waals surface area (Å²) in [5, 5.41) is 2.75. The third-order valence-corrected chi connectivity index (χ3v) is 3.45. The van der Waals surface area contributed by atoms with Crippen molar-refractivity contribution in [3.05, 3.63) is 0 Å². The zero-order valence-corrected chi connectivity index (χ0v) is 9.77. The number of amides is 1. The number of esters is 1. The van der Waals surface area contributed by atoms with E-state index in [0.29, 0.717) is 6.61 Å². The van der Waals surface area contributed by atoms with Gasteiger partial charge < -0.3 is 10.1 Å². The number of carbonyl (C=O) groups is 2. The van der Waals surface area contributed by atoms with Gasteiger partial charge in [-0.05, 0) is 19.8 Å². The molecule has 15 heavy (non-hydrogen) atoms. The van der Waals surface area contributed by atoms with Crippen molar-refractivity contribution in [2.45, 2.75) is 31.4 Å². The molecule has 4 nitrogen and oxygen atoms in total. The van der Waals surface area contributed by atoms with Crippen LogP contribution in [0.15, 0.2) is 0 Å². The van der Waals surface area contributed by atoms with Crippen LogP contribution in [0.25, 0.3) is 0 Å². The molecule has 0 bridgehead atoms. The lowest BCUT2D eigenvalue weighted by molar-refractivity contribution is -0.139. The summed E-state index contributed by atoms with van der Waals surface area (Å²) in [6, 6.07) is 0. The molecule has 1 N–H and O–H groups in total. The van der Waals surface area contributed by atoms with Gasteiger partial charge in [0.15, 0.2) is 0 Å². The molecule has 1 aliphatic heterocycles. The molecule has 0 aliphatic carbocycles. The van der Waals surface area contributed by atoms with E-state index < -0.39 is 0 Å². The van der Waals surface area contributed by atoms with Gasteiger partial charge in [-0.3, -0.25) is 9.59 Å². The Morgan fingerprint density at radius 3 is 3.13 bits per heavy atom. The summed E-state index contributed by atoms with van der Waals surface area (Å²) in [4.78, 5) is 22.6. The van der Waals surface area contributed by atoms with Gasteiger partial charge in [0.2, 0.25) is 5.91 Å². The smallest absolute Gasteiger partial charge is 0.315 e. The second-order valence-corrected chi connectivity index (χ2v) is 4.58. The van der Waals surface area contributed by atoms with Crippen LogP contribution in [0.1, 0.15) is 26.2 Å². The minimum absolute atomic E-state index is 0.0572. The highest BCUT2D eigenvalue weighted by Gasteiger charge is 2.21. The van der Waals surface area contributed by atoms with Crippen molar-refractivity contribution in [1.82, 2.24) is 5.32 Å². The fourth-order valence-corrected chi connectivity index (χ4v) is 2.43. The van der Waals surface area contributed by atoms with E-state index in [2.05, 4.69) is 5.32 Å². The molecule has 1 rings (SSSR count). The van der Waals surface area contributed by atoms with Crippen LogP contribution in [0.4, 0.5) is 0 Å². The zero-order chi connectivity index (χ0) is 11.1. The average molecular weight is 231 g/mol. The molecule has 0 spiro atoms. The third kappa shape index (κ3) is 4.55. The van der Waals surface area contributed by atoms with Gasteiger partial charge in [0, 0.05) is 6.54 Å². The van der Waals surface area contributed by atoms with Gasteiger partial charge in [-0.25, -0.2) is 0 Å². The number of hydrogen-bond donors (Lipinski definition) is 1. The summed E-state index contributed by atoms with van der Waals surface area (Å²) < 4.78 is 4.81. The maximum absolute atomic E-state index is 11.5. The van der Waals surface area contributed by atoms with Crippen LogP contribution in [0, 0.1) is 0 Å². The van der Waals surface area contributed by atoms with Crippen LogP contribution < -0.4 is 5.32 Å². The monoisotopic (exact) mass is 231 g/mol. The van der Waals surface area contributed by atoms with E-state index in [-0.39, 0.29) is 22.9 Å². The fraction of sp³-hybridized carbons (Fsp3) is 0.800. The second kappa shape index (κ2) is 6.71. The topological polar surface area (TPSA) is 55.4 Å². The van der Waals surface area contributed by atoms with Crippen molar-refractivity contribution in [2.75, 3.05) is 18.9 Å². The lowest BCUT2D eigenvalue weighted by Crippen LogP contribution is -2.31. The first-order valence-corrected chi connectivity index (χ1v) is 6.34. The molecule has 0 saturated carbocycles. The maximum Gasteiger partial charge on any atom is 0.315 e. The van der Waals surface area contributed by atoms with Gasteiger partial charge in [-0.2, -0.15) is 0 Å². The number of rotatable bonds is 4. The number of hydrogen-bond acceptors (Lipinski definition) is 4. The van der Waals surface area contributed by atoms with Crippen molar-refractivity contribution in [1.29, 1.82) is 0 Å². The molecule has 0 unspecified atom stereocenters. The van der Waals surface area contributed by atoms with E-state index in [0.717, 1.165) is 25.8 Å². The molecule has 0 aromatic heterocycles. The second-order valence-electron chi connectivity index (χ2n) is 3.39. The van der Waals surface area contributed by atoms with E-state index in [1.807, 2.05) is 0 Å². The van der Waals surface area contributed by atoms with Gasteiger partial charge in [0.05, 0.1) is 17.6 Å². The Balaban J connectivity index is 2.29. The summed E-state index contributed by atoms with van der Waals surface area (Å²) in [7, 11) is 0. The predicted molar refractivity (Wildman–Crippen MR) is 59.7 cm³/mol. The average Bonchev–Trinajstić information content (AvgIpc) is 2.41. The number of nitrogens with one attached hydrogen (secondary N) is 1. The highest BCUT2D eigenvalue weighted by Crippen LogP contribution is 2.19. The third-order valence-electron chi connectivity index (χ3n) is 2.19. The largest absolute Gasteiger partial charge is 0.465 e. The number of carbonyl (C=O) groups excluding carboxylic acids is 2. The van der Waals surface area contributed by atoms with E-state index in [1.54, 1.807) is 6.92 Å². The molecule has 0 aromatic carbocycles. The molecule has 0 aromatic rings. The van der Waals surface area contributed by atoms with Crippen molar-refractivity contribution in [3.8, 4) is 0 Å². The summed E-state index contributed by atoms with van der Waals surface area (Å²) in [5.74, 6) is 0.0905. The highest BCUT2D eigenvalue weighted by atomic mass is 32.2. The van der Waals surface area contributed by atoms with Crippen molar-refractivity contribution in [2.24, 2.45) is 0 Å². The minimum Gasteiger partial charge on any atom is -0.465 e. The Labute approximate surface area is 94.1 Å². The van der Waals surface area contributed by atoms with Crippen LogP contribution in [0.3, 0.4) is 0 Å². The van der Waals surface area contributed by atoms with Crippen molar-refractivity contribution in [3.63, 3.8) is 0 Å². The molecule has 5 heteroatoms. The molecule has 1 aliphatic rings. The maximum atomic E-state index is 11.5. The van der Waals surface area contributed by atoms with Gasteiger partial charge in [0.25, 0.3) is 0 Å². The number of thioether (sulfide) groups is 1. The summed E-state index contributed by atoms with van der Waals surface area (Å²) in [6.07, 6.45) is 2.93. The van der Waals surface area contributed by atoms with E-state index in [4.69, 9.17) is 4.74 Å². The van der Waals surface area contributed by atoms with Crippen LogP contribution in [0.2, 0.25) is 0 Å². The molecular formula is C10H17NO3S. The van der Waals surface area contributed by atoms with Crippen molar-refractivity contribution < 1.29 is 14.3 Å². The van der Waals surface area contributed by atoms with Crippen LogP contribution >= 0.6 is 11.8 Å². The standard InChI is InChI=1S/C10H17NO3S/c1-2-14-9(12)7-15-8-5-3-4-6-11-10(8)13/h8H,2-7H2,1H3,(H,11,13)/t8-/m0/s1. The molecule has 0 radical (unpaired) electrons.